The molecule has 1 amide bonds. The fourth-order valence-corrected chi connectivity index (χ4v) is 2.43. The summed E-state index contributed by atoms with van der Waals surface area (Å²) >= 11 is 0. The fourth-order valence-electron chi connectivity index (χ4n) is 2.43. The molecule has 0 aromatic heterocycles. The van der Waals surface area contributed by atoms with E-state index in [-0.39, 0.29) is 18.9 Å². The molecule has 5 heteroatoms. The van der Waals surface area contributed by atoms with E-state index in [0.29, 0.717) is 6.61 Å². The molecule has 2 N–H and O–H groups in total. The van der Waals surface area contributed by atoms with Crippen LogP contribution in [0, 0.1) is 0 Å². The summed E-state index contributed by atoms with van der Waals surface area (Å²) in [5, 5.41) is 11.8. The first-order valence-electron chi connectivity index (χ1n) is 6.68. The van der Waals surface area contributed by atoms with Crippen LogP contribution in [0.4, 0.5) is 0 Å². The quantitative estimate of drug-likeness (QED) is 0.649. The smallest absolute Gasteiger partial charge is 0.305 e. The van der Waals surface area contributed by atoms with Crippen LogP contribution in [0.25, 0.3) is 0 Å². The van der Waals surface area contributed by atoms with E-state index in [1.807, 2.05) is 0 Å². The topological polar surface area (TPSA) is 75.6 Å². The molecule has 1 aliphatic carbocycles. The molecule has 1 saturated carbocycles. The van der Waals surface area contributed by atoms with Crippen molar-refractivity contribution in [1.29, 1.82) is 0 Å². The third-order valence-corrected chi connectivity index (χ3v) is 3.33. The minimum absolute atomic E-state index is 0.00764. The van der Waals surface area contributed by atoms with Gasteiger partial charge < -0.3 is 15.2 Å². The third-order valence-electron chi connectivity index (χ3n) is 3.33. The zero-order chi connectivity index (χ0) is 13.4. The van der Waals surface area contributed by atoms with Crippen molar-refractivity contribution in [2.45, 2.75) is 57.4 Å². The summed E-state index contributed by atoms with van der Waals surface area (Å²) < 4.78 is 5.24. The van der Waals surface area contributed by atoms with Crippen LogP contribution in [0.15, 0.2) is 0 Å². The van der Waals surface area contributed by atoms with Gasteiger partial charge in [0.2, 0.25) is 5.91 Å². The van der Waals surface area contributed by atoms with E-state index in [0.717, 1.165) is 38.5 Å². The Morgan fingerprint density at radius 3 is 2.56 bits per heavy atom. The van der Waals surface area contributed by atoms with Gasteiger partial charge in [-0.15, -0.1) is 0 Å². The Morgan fingerprint density at radius 1 is 1.33 bits per heavy atom. The fraction of sp³-hybridized carbons (Fsp3) is 0.846. The number of hydrogen-bond acceptors (Lipinski definition) is 3. The van der Waals surface area contributed by atoms with E-state index in [4.69, 9.17) is 9.84 Å². The molecule has 5 nitrogen and oxygen atoms in total. The first kappa shape index (κ1) is 15.0. The van der Waals surface area contributed by atoms with Crippen molar-refractivity contribution in [3.63, 3.8) is 0 Å². The molecular formula is C13H23NO4. The SMILES string of the molecule is CCCCOCC(=O)NC1(CC(=O)O)CCCC1. The number of hydrogen-bond donors (Lipinski definition) is 2. The molecule has 1 rings (SSSR count). The summed E-state index contributed by atoms with van der Waals surface area (Å²) in [7, 11) is 0. The number of amides is 1. The highest BCUT2D eigenvalue weighted by molar-refractivity contribution is 5.79. The summed E-state index contributed by atoms with van der Waals surface area (Å²) in [6.07, 6.45) is 5.43. The summed E-state index contributed by atoms with van der Waals surface area (Å²) in [5.41, 5.74) is -0.545. The van der Waals surface area contributed by atoms with Gasteiger partial charge in [-0.05, 0) is 19.3 Å². The van der Waals surface area contributed by atoms with Crippen LogP contribution in [0.3, 0.4) is 0 Å². The molecule has 0 radical (unpaired) electrons. The number of aliphatic carboxylic acids is 1. The van der Waals surface area contributed by atoms with Crippen LogP contribution >= 0.6 is 0 Å². The standard InChI is InChI=1S/C13H23NO4/c1-2-3-8-18-10-11(15)14-13(9-12(16)17)6-4-5-7-13/h2-10H2,1H3,(H,14,15)(H,16,17). The number of ether oxygens (including phenoxy) is 1. The lowest BCUT2D eigenvalue weighted by Crippen LogP contribution is -2.49. The van der Waals surface area contributed by atoms with Crippen molar-refractivity contribution in [2.24, 2.45) is 0 Å². The highest BCUT2D eigenvalue weighted by Crippen LogP contribution is 2.32. The largest absolute Gasteiger partial charge is 0.481 e. The van der Waals surface area contributed by atoms with Gasteiger partial charge in [-0.25, -0.2) is 0 Å². The predicted octanol–water partition coefficient (Wildman–Crippen LogP) is 1.71. The van der Waals surface area contributed by atoms with Crippen molar-refractivity contribution in [3.8, 4) is 0 Å². The number of carboxylic acids is 1. The minimum Gasteiger partial charge on any atom is -0.481 e. The molecular weight excluding hydrogens is 234 g/mol. The molecule has 0 atom stereocenters. The Bertz CT molecular complexity index is 285. The molecule has 0 aromatic rings. The average Bonchev–Trinajstić information content (AvgIpc) is 2.71. The number of carbonyl (C=O) groups is 2. The van der Waals surface area contributed by atoms with Crippen LogP contribution in [0.1, 0.15) is 51.9 Å². The van der Waals surface area contributed by atoms with E-state index >= 15 is 0 Å². The first-order valence-corrected chi connectivity index (χ1v) is 6.68. The average molecular weight is 257 g/mol. The Balaban J connectivity index is 2.36. The van der Waals surface area contributed by atoms with Crippen LogP contribution < -0.4 is 5.32 Å². The Kier molecular flexibility index (Phi) is 6.12. The van der Waals surface area contributed by atoms with Gasteiger partial charge in [0.1, 0.15) is 6.61 Å². The maximum atomic E-state index is 11.7. The van der Waals surface area contributed by atoms with Crippen LogP contribution in [0.5, 0.6) is 0 Å². The normalized spacial score (nSPS) is 17.6. The molecule has 0 aliphatic heterocycles. The lowest BCUT2D eigenvalue weighted by atomic mass is 9.93. The zero-order valence-corrected chi connectivity index (χ0v) is 11.0. The first-order chi connectivity index (χ1) is 8.58. The maximum Gasteiger partial charge on any atom is 0.305 e. The van der Waals surface area contributed by atoms with Crippen molar-refractivity contribution < 1.29 is 19.4 Å². The molecule has 0 saturated heterocycles. The van der Waals surface area contributed by atoms with E-state index in [1.165, 1.54) is 0 Å². The van der Waals surface area contributed by atoms with Crippen molar-refractivity contribution in [3.05, 3.63) is 0 Å². The van der Waals surface area contributed by atoms with Gasteiger partial charge in [0.05, 0.1) is 12.0 Å². The molecule has 1 fully saturated rings. The third kappa shape index (κ3) is 5.04. The number of rotatable bonds is 8. The van der Waals surface area contributed by atoms with Gasteiger partial charge >= 0.3 is 5.97 Å². The Morgan fingerprint density at radius 2 is 2.00 bits per heavy atom. The van der Waals surface area contributed by atoms with E-state index in [2.05, 4.69) is 12.2 Å². The molecule has 0 heterocycles. The van der Waals surface area contributed by atoms with Crippen molar-refractivity contribution >= 4 is 11.9 Å². The second-order valence-electron chi connectivity index (χ2n) is 5.01. The molecule has 104 valence electrons. The minimum atomic E-state index is -0.857. The van der Waals surface area contributed by atoms with Crippen molar-refractivity contribution in [2.75, 3.05) is 13.2 Å². The lowest BCUT2D eigenvalue weighted by molar-refractivity contribution is -0.139. The number of carboxylic acid groups (broad SMARTS) is 1. The zero-order valence-electron chi connectivity index (χ0n) is 11.0. The van der Waals surface area contributed by atoms with Crippen LogP contribution in [0.2, 0.25) is 0 Å². The van der Waals surface area contributed by atoms with E-state index < -0.39 is 11.5 Å². The van der Waals surface area contributed by atoms with Gasteiger partial charge in [-0.1, -0.05) is 26.2 Å². The molecule has 0 spiro atoms. The van der Waals surface area contributed by atoms with Gasteiger partial charge in [0.15, 0.2) is 0 Å². The van der Waals surface area contributed by atoms with E-state index in [1.54, 1.807) is 0 Å². The summed E-state index contributed by atoms with van der Waals surface area (Å²) in [5.74, 6) is -1.06. The monoisotopic (exact) mass is 257 g/mol. The summed E-state index contributed by atoms with van der Waals surface area (Å²) in [6, 6.07) is 0. The van der Waals surface area contributed by atoms with Crippen molar-refractivity contribution in [1.82, 2.24) is 5.32 Å². The highest BCUT2D eigenvalue weighted by Gasteiger charge is 2.37. The number of unbranched alkanes of at least 4 members (excludes halogenated alkanes) is 1. The van der Waals surface area contributed by atoms with Gasteiger partial charge in [-0.2, -0.15) is 0 Å². The molecule has 1 aliphatic rings. The molecule has 18 heavy (non-hydrogen) atoms. The number of carbonyl (C=O) groups excluding carboxylic acids is 1. The van der Waals surface area contributed by atoms with Gasteiger partial charge in [0.25, 0.3) is 0 Å². The summed E-state index contributed by atoms with van der Waals surface area (Å²) in [6.45, 7) is 2.67. The van der Waals surface area contributed by atoms with Crippen LogP contribution in [-0.4, -0.2) is 35.7 Å². The molecule has 0 bridgehead atoms. The molecule has 0 unspecified atom stereocenters. The number of nitrogens with one attached hydrogen (secondary N) is 1. The highest BCUT2D eigenvalue weighted by atomic mass is 16.5. The Hall–Kier alpha value is -1.10. The second-order valence-corrected chi connectivity index (χ2v) is 5.01. The van der Waals surface area contributed by atoms with Gasteiger partial charge in [0, 0.05) is 6.61 Å². The maximum absolute atomic E-state index is 11.7. The Labute approximate surface area is 108 Å². The second kappa shape index (κ2) is 7.36. The lowest BCUT2D eigenvalue weighted by Gasteiger charge is -2.28. The van der Waals surface area contributed by atoms with E-state index in [9.17, 15) is 9.59 Å². The summed E-state index contributed by atoms with van der Waals surface area (Å²) in [4.78, 5) is 22.6. The predicted molar refractivity (Wildman–Crippen MR) is 67.3 cm³/mol. The van der Waals surface area contributed by atoms with Gasteiger partial charge in [-0.3, -0.25) is 9.59 Å². The van der Waals surface area contributed by atoms with Crippen LogP contribution in [-0.2, 0) is 14.3 Å². The molecule has 0 aromatic carbocycles.